The van der Waals surface area contributed by atoms with E-state index in [1.807, 2.05) is 29.2 Å². The molecule has 0 radical (unpaired) electrons. The molecule has 1 aliphatic rings. The molecule has 0 aromatic heterocycles. The second-order valence-electron chi connectivity index (χ2n) is 5.57. The maximum absolute atomic E-state index is 12.9. The number of hydrogen-bond donors (Lipinski definition) is 0. The molecular formula is C19H19BrN2O3S. The van der Waals surface area contributed by atoms with E-state index in [9.17, 15) is 4.79 Å². The molecule has 5 nitrogen and oxygen atoms in total. The van der Waals surface area contributed by atoms with Gasteiger partial charge in [0, 0.05) is 21.5 Å². The van der Waals surface area contributed by atoms with Crippen molar-refractivity contribution in [1.29, 1.82) is 0 Å². The number of anilines is 1. The second-order valence-corrected chi connectivity index (χ2v) is 7.55. The van der Waals surface area contributed by atoms with Crippen LogP contribution in [0, 0.1) is 0 Å². The summed E-state index contributed by atoms with van der Waals surface area (Å²) >= 11 is 5.12. The number of ketones is 1. The summed E-state index contributed by atoms with van der Waals surface area (Å²) < 4.78 is 11.5. The fraction of sp³-hybridized carbons (Fsp3) is 0.263. The van der Waals surface area contributed by atoms with Crippen LogP contribution in [0.3, 0.4) is 0 Å². The number of Topliss-reactive ketones (excluding diaryl/α,β-unsaturated/α-hetero) is 1. The molecule has 0 N–H and O–H groups in total. The molecule has 0 fully saturated rings. The zero-order valence-corrected chi connectivity index (χ0v) is 17.0. The van der Waals surface area contributed by atoms with Crippen LogP contribution in [-0.4, -0.2) is 44.0 Å². The topological polar surface area (TPSA) is 51.1 Å². The fourth-order valence-electron chi connectivity index (χ4n) is 2.62. The van der Waals surface area contributed by atoms with E-state index in [2.05, 4.69) is 20.9 Å². The largest absolute Gasteiger partial charge is 0.493 e. The van der Waals surface area contributed by atoms with Crippen LogP contribution in [0.25, 0.3) is 0 Å². The summed E-state index contributed by atoms with van der Waals surface area (Å²) in [6.45, 7) is 0.987. The smallest absolute Gasteiger partial charge is 0.182 e. The van der Waals surface area contributed by atoms with Crippen molar-refractivity contribution < 1.29 is 14.3 Å². The Morgan fingerprint density at radius 1 is 1.15 bits per heavy atom. The van der Waals surface area contributed by atoms with Gasteiger partial charge in [0.15, 0.2) is 22.4 Å². The molecule has 0 spiro atoms. The Labute approximate surface area is 165 Å². The van der Waals surface area contributed by atoms with Crippen LogP contribution in [0.4, 0.5) is 5.69 Å². The first kappa shape index (κ1) is 18.8. The van der Waals surface area contributed by atoms with Crippen molar-refractivity contribution in [2.75, 3.05) is 38.0 Å². The number of carbonyl (C=O) groups is 1. The highest BCUT2D eigenvalue weighted by Gasteiger charge is 2.22. The first-order valence-electron chi connectivity index (χ1n) is 8.08. The fourth-order valence-corrected chi connectivity index (χ4v) is 3.76. The summed E-state index contributed by atoms with van der Waals surface area (Å²) in [4.78, 5) is 19.4. The van der Waals surface area contributed by atoms with Crippen LogP contribution < -0.4 is 14.4 Å². The Kier molecular flexibility index (Phi) is 6.21. The first-order chi connectivity index (χ1) is 12.6. The quantitative estimate of drug-likeness (QED) is 0.635. The molecule has 0 unspecified atom stereocenters. The predicted molar refractivity (Wildman–Crippen MR) is 110 cm³/mol. The number of hydrogen-bond acceptors (Lipinski definition) is 6. The van der Waals surface area contributed by atoms with E-state index in [-0.39, 0.29) is 12.3 Å². The van der Waals surface area contributed by atoms with Crippen molar-refractivity contribution in [3.05, 3.63) is 52.5 Å². The summed E-state index contributed by atoms with van der Waals surface area (Å²) in [6.07, 6.45) is 0. The molecular weight excluding hydrogens is 416 g/mol. The molecule has 1 heterocycles. The minimum Gasteiger partial charge on any atom is -0.493 e. The third-order valence-electron chi connectivity index (χ3n) is 3.95. The molecule has 3 rings (SSSR count). The lowest BCUT2D eigenvalue weighted by Gasteiger charge is -2.23. The predicted octanol–water partition coefficient (Wildman–Crippen LogP) is 4.26. The molecule has 136 valence electrons. The van der Waals surface area contributed by atoms with Crippen LogP contribution in [0.5, 0.6) is 11.5 Å². The molecule has 7 heteroatoms. The monoisotopic (exact) mass is 434 g/mol. The number of amidine groups is 1. The summed E-state index contributed by atoms with van der Waals surface area (Å²) in [5.74, 6) is 2.07. The Bertz CT molecular complexity index is 824. The van der Waals surface area contributed by atoms with E-state index in [0.717, 1.165) is 27.6 Å². The van der Waals surface area contributed by atoms with Gasteiger partial charge in [-0.3, -0.25) is 9.79 Å². The van der Waals surface area contributed by atoms with Gasteiger partial charge < -0.3 is 14.4 Å². The summed E-state index contributed by atoms with van der Waals surface area (Å²) in [7, 11) is 3.13. The van der Waals surface area contributed by atoms with Crippen molar-refractivity contribution in [1.82, 2.24) is 0 Å². The lowest BCUT2D eigenvalue weighted by molar-refractivity contribution is 0.100. The molecule has 0 aliphatic carbocycles. The van der Waals surface area contributed by atoms with E-state index in [0.29, 0.717) is 17.1 Å². The van der Waals surface area contributed by atoms with Crippen molar-refractivity contribution in [2.24, 2.45) is 4.99 Å². The molecule has 26 heavy (non-hydrogen) atoms. The molecule has 0 atom stereocenters. The van der Waals surface area contributed by atoms with Gasteiger partial charge in [0.25, 0.3) is 0 Å². The van der Waals surface area contributed by atoms with Gasteiger partial charge in [-0.2, -0.15) is 0 Å². The highest BCUT2D eigenvalue weighted by atomic mass is 79.9. The van der Waals surface area contributed by atoms with Crippen molar-refractivity contribution in [3.8, 4) is 11.5 Å². The van der Waals surface area contributed by atoms with Crippen molar-refractivity contribution in [2.45, 2.75) is 0 Å². The SMILES string of the molecule is COc1ccc(C(=O)CN(C2=NCCS2)c2ccc(Br)cc2)cc1OC. The van der Waals surface area contributed by atoms with Gasteiger partial charge in [0.2, 0.25) is 0 Å². The number of benzene rings is 2. The average molecular weight is 435 g/mol. The average Bonchev–Trinajstić information content (AvgIpc) is 3.20. The van der Waals surface area contributed by atoms with Crippen LogP contribution in [0.2, 0.25) is 0 Å². The van der Waals surface area contributed by atoms with E-state index in [1.165, 1.54) is 0 Å². The minimum absolute atomic E-state index is 0.0101. The second kappa shape index (κ2) is 8.60. The Balaban J connectivity index is 1.86. The molecule has 0 saturated carbocycles. The van der Waals surface area contributed by atoms with E-state index >= 15 is 0 Å². The van der Waals surface area contributed by atoms with Crippen LogP contribution in [-0.2, 0) is 0 Å². The summed E-state index contributed by atoms with van der Waals surface area (Å²) in [6, 6.07) is 13.1. The summed E-state index contributed by atoms with van der Waals surface area (Å²) in [5.41, 5.74) is 1.52. The molecule has 0 saturated heterocycles. The number of halogens is 1. The maximum atomic E-state index is 12.9. The first-order valence-corrected chi connectivity index (χ1v) is 9.86. The number of aliphatic imine (C=N–C) groups is 1. The van der Waals surface area contributed by atoms with Gasteiger partial charge in [0.1, 0.15) is 0 Å². The Morgan fingerprint density at radius 3 is 2.50 bits per heavy atom. The third kappa shape index (κ3) is 4.22. The molecule has 0 bridgehead atoms. The Hall–Kier alpha value is -1.99. The van der Waals surface area contributed by atoms with E-state index in [1.54, 1.807) is 44.2 Å². The standard InChI is InChI=1S/C19H19BrN2O3S/c1-24-17-8-3-13(11-18(17)25-2)16(23)12-22(19-21-9-10-26-19)15-6-4-14(20)5-7-15/h3-8,11H,9-10,12H2,1-2H3. The van der Waals surface area contributed by atoms with Gasteiger partial charge in [-0.1, -0.05) is 27.7 Å². The highest BCUT2D eigenvalue weighted by molar-refractivity contribution is 9.10. The molecule has 0 amide bonds. The number of carbonyl (C=O) groups excluding carboxylic acids is 1. The number of methoxy groups -OCH3 is 2. The third-order valence-corrected chi connectivity index (χ3v) is 5.47. The van der Waals surface area contributed by atoms with Gasteiger partial charge >= 0.3 is 0 Å². The van der Waals surface area contributed by atoms with E-state index < -0.39 is 0 Å². The van der Waals surface area contributed by atoms with E-state index in [4.69, 9.17) is 9.47 Å². The van der Waals surface area contributed by atoms with Crippen LogP contribution in [0.1, 0.15) is 10.4 Å². The van der Waals surface area contributed by atoms with Gasteiger partial charge in [-0.25, -0.2) is 0 Å². The van der Waals surface area contributed by atoms with Crippen molar-refractivity contribution >= 4 is 44.3 Å². The number of ether oxygens (including phenoxy) is 2. The molecule has 2 aromatic carbocycles. The number of nitrogens with zero attached hydrogens (tertiary/aromatic N) is 2. The zero-order chi connectivity index (χ0) is 18.5. The van der Waals surface area contributed by atoms with Gasteiger partial charge in [-0.15, -0.1) is 0 Å². The zero-order valence-electron chi connectivity index (χ0n) is 14.6. The lowest BCUT2D eigenvalue weighted by Crippen LogP contribution is -2.33. The minimum atomic E-state index is -0.0101. The van der Waals surface area contributed by atoms with Crippen molar-refractivity contribution in [3.63, 3.8) is 0 Å². The Morgan fingerprint density at radius 2 is 1.88 bits per heavy atom. The van der Waals surface area contributed by atoms with Crippen LogP contribution >= 0.6 is 27.7 Å². The number of thioether (sulfide) groups is 1. The molecule has 2 aromatic rings. The molecule has 1 aliphatic heterocycles. The highest BCUT2D eigenvalue weighted by Crippen LogP contribution is 2.29. The number of rotatable bonds is 6. The van der Waals surface area contributed by atoms with Gasteiger partial charge in [0.05, 0.1) is 27.3 Å². The van der Waals surface area contributed by atoms with Crippen LogP contribution in [0.15, 0.2) is 51.9 Å². The normalized spacial score (nSPS) is 13.3. The van der Waals surface area contributed by atoms with Gasteiger partial charge in [-0.05, 0) is 42.5 Å². The summed E-state index contributed by atoms with van der Waals surface area (Å²) in [5, 5.41) is 0.876. The lowest BCUT2D eigenvalue weighted by atomic mass is 10.1. The maximum Gasteiger partial charge on any atom is 0.182 e.